The summed E-state index contributed by atoms with van der Waals surface area (Å²) in [4.78, 5) is 0. The predicted octanol–water partition coefficient (Wildman–Crippen LogP) is 3.85. The van der Waals surface area contributed by atoms with Crippen LogP contribution in [-0.4, -0.2) is 12.6 Å². The topological polar surface area (TPSA) is 35.2 Å². The second kappa shape index (κ2) is 5.77. The molecule has 1 unspecified atom stereocenters. The lowest BCUT2D eigenvalue weighted by molar-refractivity contribution is 0.253. The third-order valence-electron chi connectivity index (χ3n) is 5.24. The van der Waals surface area contributed by atoms with Crippen LogP contribution >= 0.6 is 0 Å². The first-order chi connectivity index (χ1) is 9.71. The largest absolute Gasteiger partial charge is 0.490 e. The number of benzene rings is 1. The lowest BCUT2D eigenvalue weighted by Crippen LogP contribution is -2.21. The zero-order chi connectivity index (χ0) is 14.0. The van der Waals surface area contributed by atoms with Gasteiger partial charge in [-0.3, -0.25) is 0 Å². The van der Waals surface area contributed by atoms with Crippen molar-refractivity contribution in [1.82, 2.24) is 0 Å². The Balaban J connectivity index is 1.65. The Morgan fingerprint density at radius 3 is 2.80 bits per heavy atom. The fraction of sp³-hybridized carbons (Fsp3) is 0.667. The molecular weight excluding hydrogens is 246 g/mol. The molecule has 1 fully saturated rings. The second-order valence-corrected chi connectivity index (χ2v) is 6.82. The van der Waals surface area contributed by atoms with E-state index >= 15 is 0 Å². The van der Waals surface area contributed by atoms with Crippen LogP contribution in [0.25, 0.3) is 0 Å². The highest BCUT2D eigenvalue weighted by molar-refractivity contribution is 5.40. The van der Waals surface area contributed by atoms with Gasteiger partial charge >= 0.3 is 0 Å². The Morgan fingerprint density at radius 2 is 2.05 bits per heavy atom. The Bertz CT molecular complexity index is 462. The number of hydrogen-bond acceptors (Lipinski definition) is 2. The SMILES string of the molecule is CC1Cc2cc(CCC3(CCN)CCCC3)ccc2O1. The minimum Gasteiger partial charge on any atom is -0.490 e. The zero-order valence-electron chi connectivity index (χ0n) is 12.7. The zero-order valence-corrected chi connectivity index (χ0v) is 12.7. The highest BCUT2D eigenvalue weighted by Crippen LogP contribution is 2.44. The van der Waals surface area contributed by atoms with Crippen molar-refractivity contribution in [2.75, 3.05) is 6.54 Å². The molecule has 20 heavy (non-hydrogen) atoms. The van der Waals surface area contributed by atoms with Crippen molar-refractivity contribution < 1.29 is 4.74 Å². The van der Waals surface area contributed by atoms with Crippen molar-refractivity contribution in [1.29, 1.82) is 0 Å². The molecule has 2 N–H and O–H groups in total. The third kappa shape index (κ3) is 2.85. The van der Waals surface area contributed by atoms with Gasteiger partial charge in [0.25, 0.3) is 0 Å². The van der Waals surface area contributed by atoms with Gasteiger partial charge in [0.2, 0.25) is 0 Å². The summed E-state index contributed by atoms with van der Waals surface area (Å²) in [7, 11) is 0. The number of fused-ring (bicyclic) bond motifs is 1. The normalized spacial score (nSPS) is 23.6. The summed E-state index contributed by atoms with van der Waals surface area (Å²) in [6.07, 6.45) is 10.7. The van der Waals surface area contributed by atoms with Crippen molar-refractivity contribution in [2.24, 2.45) is 11.1 Å². The van der Waals surface area contributed by atoms with Gasteiger partial charge in [0.15, 0.2) is 0 Å². The lowest BCUT2D eigenvalue weighted by atomic mass is 9.77. The maximum Gasteiger partial charge on any atom is 0.123 e. The molecule has 1 atom stereocenters. The molecule has 1 aromatic carbocycles. The van der Waals surface area contributed by atoms with Crippen molar-refractivity contribution in [3.05, 3.63) is 29.3 Å². The van der Waals surface area contributed by atoms with Gasteiger partial charge in [-0.1, -0.05) is 25.0 Å². The van der Waals surface area contributed by atoms with Crippen LogP contribution in [0, 0.1) is 5.41 Å². The fourth-order valence-electron chi connectivity index (χ4n) is 4.10. The molecule has 1 aliphatic heterocycles. The summed E-state index contributed by atoms with van der Waals surface area (Å²) in [5.74, 6) is 1.10. The van der Waals surface area contributed by atoms with E-state index in [1.165, 1.54) is 56.1 Å². The average molecular weight is 273 g/mol. The molecule has 2 nitrogen and oxygen atoms in total. The molecule has 110 valence electrons. The quantitative estimate of drug-likeness (QED) is 0.884. The van der Waals surface area contributed by atoms with Crippen LogP contribution < -0.4 is 10.5 Å². The number of aryl methyl sites for hydroxylation is 1. The molecule has 2 heteroatoms. The average Bonchev–Trinajstić information content (AvgIpc) is 3.02. The van der Waals surface area contributed by atoms with Crippen LogP contribution in [0.1, 0.15) is 56.6 Å². The highest BCUT2D eigenvalue weighted by Gasteiger charge is 2.32. The van der Waals surface area contributed by atoms with E-state index in [1.54, 1.807) is 0 Å². The molecule has 3 rings (SSSR count). The van der Waals surface area contributed by atoms with Crippen LogP contribution in [0.5, 0.6) is 5.75 Å². The van der Waals surface area contributed by atoms with Crippen molar-refractivity contribution in [3.8, 4) is 5.75 Å². The molecule has 0 saturated heterocycles. The van der Waals surface area contributed by atoms with E-state index < -0.39 is 0 Å². The van der Waals surface area contributed by atoms with Crippen molar-refractivity contribution in [2.45, 2.75) is 64.4 Å². The van der Waals surface area contributed by atoms with E-state index in [2.05, 4.69) is 25.1 Å². The maximum atomic E-state index is 5.83. The number of hydrogen-bond donors (Lipinski definition) is 1. The first-order valence-electron chi connectivity index (χ1n) is 8.19. The van der Waals surface area contributed by atoms with E-state index in [-0.39, 0.29) is 0 Å². The van der Waals surface area contributed by atoms with Gasteiger partial charge in [-0.05, 0) is 68.2 Å². The van der Waals surface area contributed by atoms with Gasteiger partial charge in [0.1, 0.15) is 11.9 Å². The molecule has 1 heterocycles. The molecule has 0 radical (unpaired) electrons. The molecule has 2 aliphatic rings. The van der Waals surface area contributed by atoms with Crippen LogP contribution in [0.15, 0.2) is 18.2 Å². The highest BCUT2D eigenvalue weighted by atomic mass is 16.5. The van der Waals surface area contributed by atoms with Crippen LogP contribution in [0.2, 0.25) is 0 Å². The maximum absolute atomic E-state index is 5.83. The molecule has 0 spiro atoms. The van der Waals surface area contributed by atoms with E-state index in [1.807, 2.05) is 0 Å². The number of nitrogens with two attached hydrogens (primary N) is 1. The molecule has 1 aliphatic carbocycles. The first kappa shape index (κ1) is 13.9. The molecule has 1 saturated carbocycles. The third-order valence-corrected chi connectivity index (χ3v) is 5.24. The van der Waals surface area contributed by atoms with Gasteiger partial charge in [-0.25, -0.2) is 0 Å². The summed E-state index contributed by atoms with van der Waals surface area (Å²) in [6.45, 7) is 2.99. The Hall–Kier alpha value is -1.02. The smallest absolute Gasteiger partial charge is 0.123 e. The Labute approximate surface area is 122 Å². The van der Waals surface area contributed by atoms with Gasteiger partial charge in [-0.15, -0.1) is 0 Å². The minimum absolute atomic E-state index is 0.346. The molecule has 0 bridgehead atoms. The lowest BCUT2D eigenvalue weighted by Gasteiger charge is -2.28. The summed E-state index contributed by atoms with van der Waals surface area (Å²) in [5.41, 5.74) is 9.25. The Kier molecular flexibility index (Phi) is 4.02. The molecular formula is C18H27NO. The second-order valence-electron chi connectivity index (χ2n) is 6.82. The van der Waals surface area contributed by atoms with E-state index in [0.717, 1.165) is 18.7 Å². The van der Waals surface area contributed by atoms with E-state index in [9.17, 15) is 0 Å². The van der Waals surface area contributed by atoms with Gasteiger partial charge in [-0.2, -0.15) is 0 Å². The van der Waals surface area contributed by atoms with Crippen molar-refractivity contribution >= 4 is 0 Å². The van der Waals surface area contributed by atoms with E-state index in [0.29, 0.717) is 11.5 Å². The standard InChI is InChI=1S/C18H27NO/c1-14-12-16-13-15(4-5-17(16)20-14)6-9-18(10-11-19)7-2-3-8-18/h4-5,13-14H,2-3,6-12,19H2,1H3. The molecule has 0 aromatic heterocycles. The van der Waals surface area contributed by atoms with Crippen molar-refractivity contribution in [3.63, 3.8) is 0 Å². The van der Waals surface area contributed by atoms with E-state index in [4.69, 9.17) is 10.5 Å². The molecule has 1 aromatic rings. The number of ether oxygens (including phenoxy) is 1. The number of rotatable bonds is 5. The molecule has 0 amide bonds. The summed E-state index contributed by atoms with van der Waals surface area (Å²) < 4.78 is 5.78. The van der Waals surface area contributed by atoms with Crippen LogP contribution in [0.4, 0.5) is 0 Å². The van der Waals surface area contributed by atoms with Gasteiger partial charge in [0, 0.05) is 6.42 Å². The van der Waals surface area contributed by atoms with Crippen LogP contribution in [-0.2, 0) is 12.8 Å². The van der Waals surface area contributed by atoms with Gasteiger partial charge in [0.05, 0.1) is 0 Å². The minimum atomic E-state index is 0.346. The Morgan fingerprint density at radius 1 is 1.25 bits per heavy atom. The predicted molar refractivity (Wildman–Crippen MR) is 83.1 cm³/mol. The fourth-order valence-corrected chi connectivity index (χ4v) is 4.10. The van der Waals surface area contributed by atoms with Gasteiger partial charge < -0.3 is 10.5 Å². The summed E-state index contributed by atoms with van der Waals surface area (Å²) >= 11 is 0. The summed E-state index contributed by atoms with van der Waals surface area (Å²) in [5, 5.41) is 0. The van der Waals surface area contributed by atoms with Crippen LogP contribution in [0.3, 0.4) is 0 Å². The monoisotopic (exact) mass is 273 g/mol. The summed E-state index contributed by atoms with van der Waals surface area (Å²) in [6, 6.07) is 6.78. The first-order valence-corrected chi connectivity index (χ1v) is 8.19.